The van der Waals surface area contributed by atoms with Crippen molar-refractivity contribution < 1.29 is 24.2 Å². The second kappa shape index (κ2) is 8.46. The van der Waals surface area contributed by atoms with Gasteiger partial charge in [0.25, 0.3) is 0 Å². The molecule has 0 aliphatic heterocycles. The quantitative estimate of drug-likeness (QED) is 0.689. The van der Waals surface area contributed by atoms with Crippen molar-refractivity contribution in [3.05, 3.63) is 0 Å². The Hall–Kier alpha value is -1.63. The van der Waals surface area contributed by atoms with Gasteiger partial charge < -0.3 is 9.84 Å². The lowest BCUT2D eigenvalue weighted by atomic mass is 10.3. The van der Waals surface area contributed by atoms with Crippen LogP contribution in [0.25, 0.3) is 0 Å². The normalized spacial score (nSPS) is 10.5. The zero-order valence-electron chi connectivity index (χ0n) is 10.9. The molecular formula is C11H20N2O5. The number of carboxylic acid groups (broad SMARTS) is 1. The number of rotatable bonds is 7. The van der Waals surface area contributed by atoms with E-state index in [1.54, 1.807) is 11.8 Å². The number of nitrogens with one attached hydrogen (secondary N) is 1. The van der Waals surface area contributed by atoms with Gasteiger partial charge in [-0.25, -0.2) is 4.79 Å². The standard InChI is InChI=1S/C11H20N2O5/c1-4-18-11(17)12-9(14)7-13(8(2)3)6-5-10(15)16/h8H,4-7H2,1-3H3,(H,15,16)(H,12,14,17). The predicted molar refractivity (Wildman–Crippen MR) is 64.1 cm³/mol. The molecule has 0 bridgehead atoms. The number of alkyl carbamates (subject to hydrolysis) is 1. The summed E-state index contributed by atoms with van der Waals surface area (Å²) in [6.07, 6.45) is -0.838. The van der Waals surface area contributed by atoms with Crippen molar-refractivity contribution in [2.45, 2.75) is 33.2 Å². The fourth-order valence-corrected chi connectivity index (χ4v) is 1.26. The lowest BCUT2D eigenvalue weighted by Gasteiger charge is -2.24. The van der Waals surface area contributed by atoms with Gasteiger partial charge in [0.15, 0.2) is 0 Å². The lowest BCUT2D eigenvalue weighted by Crippen LogP contribution is -2.43. The first-order chi connectivity index (χ1) is 8.36. The van der Waals surface area contributed by atoms with Crippen molar-refractivity contribution in [2.75, 3.05) is 19.7 Å². The van der Waals surface area contributed by atoms with Gasteiger partial charge in [0.2, 0.25) is 5.91 Å². The molecule has 0 aromatic rings. The number of hydrogen-bond donors (Lipinski definition) is 2. The largest absolute Gasteiger partial charge is 0.481 e. The molecule has 0 aliphatic rings. The SMILES string of the molecule is CCOC(=O)NC(=O)CN(CCC(=O)O)C(C)C. The van der Waals surface area contributed by atoms with E-state index in [0.717, 1.165) is 0 Å². The molecule has 0 aliphatic carbocycles. The first-order valence-corrected chi connectivity index (χ1v) is 5.79. The Kier molecular flexibility index (Phi) is 7.69. The second-order valence-corrected chi connectivity index (χ2v) is 3.98. The van der Waals surface area contributed by atoms with Crippen molar-refractivity contribution in [3.8, 4) is 0 Å². The van der Waals surface area contributed by atoms with Gasteiger partial charge in [-0.3, -0.25) is 19.8 Å². The van der Waals surface area contributed by atoms with Gasteiger partial charge in [0.1, 0.15) is 0 Å². The third-order valence-corrected chi connectivity index (χ3v) is 2.21. The second-order valence-electron chi connectivity index (χ2n) is 3.98. The van der Waals surface area contributed by atoms with Crippen LogP contribution < -0.4 is 5.32 Å². The molecule has 104 valence electrons. The minimum Gasteiger partial charge on any atom is -0.481 e. The summed E-state index contributed by atoms with van der Waals surface area (Å²) >= 11 is 0. The van der Waals surface area contributed by atoms with Crippen LogP contribution in [0, 0.1) is 0 Å². The average Bonchev–Trinajstić information content (AvgIpc) is 2.23. The third-order valence-electron chi connectivity index (χ3n) is 2.21. The van der Waals surface area contributed by atoms with E-state index in [1.165, 1.54) is 0 Å². The van der Waals surface area contributed by atoms with Crippen LogP contribution in [0.2, 0.25) is 0 Å². The highest BCUT2D eigenvalue weighted by Gasteiger charge is 2.17. The Morgan fingerprint density at radius 2 is 1.94 bits per heavy atom. The smallest absolute Gasteiger partial charge is 0.413 e. The van der Waals surface area contributed by atoms with Gasteiger partial charge in [-0.05, 0) is 20.8 Å². The summed E-state index contributed by atoms with van der Waals surface area (Å²) in [5, 5.41) is 10.7. The van der Waals surface area contributed by atoms with E-state index >= 15 is 0 Å². The van der Waals surface area contributed by atoms with Crippen molar-refractivity contribution in [1.82, 2.24) is 10.2 Å². The van der Waals surface area contributed by atoms with Crippen molar-refractivity contribution >= 4 is 18.0 Å². The zero-order valence-corrected chi connectivity index (χ0v) is 10.9. The van der Waals surface area contributed by atoms with Gasteiger partial charge in [0, 0.05) is 12.6 Å². The highest BCUT2D eigenvalue weighted by Crippen LogP contribution is 1.99. The summed E-state index contributed by atoms with van der Waals surface area (Å²) in [6, 6.07) is 0.0114. The Morgan fingerprint density at radius 3 is 2.39 bits per heavy atom. The van der Waals surface area contributed by atoms with Crippen molar-refractivity contribution in [3.63, 3.8) is 0 Å². The molecule has 0 atom stereocenters. The van der Waals surface area contributed by atoms with Crippen LogP contribution in [0.1, 0.15) is 27.2 Å². The Balaban J connectivity index is 4.19. The molecule has 2 N–H and O–H groups in total. The molecule has 0 unspecified atom stereocenters. The van der Waals surface area contributed by atoms with Crippen LogP contribution in [-0.2, 0) is 14.3 Å². The summed E-state index contributed by atoms with van der Waals surface area (Å²) in [7, 11) is 0. The molecule has 0 saturated heterocycles. The fraction of sp³-hybridized carbons (Fsp3) is 0.727. The summed E-state index contributed by atoms with van der Waals surface area (Å²) < 4.78 is 4.57. The highest BCUT2D eigenvalue weighted by molar-refractivity contribution is 5.92. The molecule has 0 spiro atoms. The lowest BCUT2D eigenvalue weighted by molar-refractivity contribution is -0.138. The van der Waals surface area contributed by atoms with E-state index in [0.29, 0.717) is 0 Å². The predicted octanol–water partition coefficient (Wildman–Crippen LogP) is 0.444. The topological polar surface area (TPSA) is 95.9 Å². The molecule has 0 rings (SSSR count). The minimum absolute atomic E-state index is 0.0114. The Morgan fingerprint density at radius 1 is 1.33 bits per heavy atom. The van der Waals surface area contributed by atoms with E-state index in [4.69, 9.17) is 5.11 Å². The molecule has 0 saturated carbocycles. The minimum atomic E-state index is -0.925. The first kappa shape index (κ1) is 16.4. The van der Waals surface area contributed by atoms with Gasteiger partial charge in [-0.15, -0.1) is 0 Å². The summed E-state index contributed by atoms with van der Waals surface area (Å²) in [4.78, 5) is 34.6. The summed E-state index contributed by atoms with van der Waals surface area (Å²) in [5.41, 5.74) is 0. The van der Waals surface area contributed by atoms with Crippen LogP contribution in [0.4, 0.5) is 4.79 Å². The van der Waals surface area contributed by atoms with Gasteiger partial charge in [-0.1, -0.05) is 0 Å². The van der Waals surface area contributed by atoms with Crippen LogP contribution in [0.3, 0.4) is 0 Å². The molecule has 7 nitrogen and oxygen atoms in total. The summed E-state index contributed by atoms with van der Waals surface area (Å²) in [6.45, 7) is 5.73. The van der Waals surface area contributed by atoms with Crippen LogP contribution in [0.15, 0.2) is 0 Å². The Labute approximate surface area is 106 Å². The van der Waals surface area contributed by atoms with Gasteiger partial charge in [0.05, 0.1) is 19.6 Å². The van der Waals surface area contributed by atoms with E-state index in [1.807, 2.05) is 13.8 Å². The maximum atomic E-state index is 11.5. The Bertz CT molecular complexity index is 304. The number of aliphatic carboxylic acids is 1. The number of carbonyl (C=O) groups is 3. The van der Waals surface area contributed by atoms with Crippen molar-refractivity contribution in [2.24, 2.45) is 0 Å². The van der Waals surface area contributed by atoms with E-state index in [9.17, 15) is 14.4 Å². The molecule has 0 radical (unpaired) electrons. The number of imide groups is 1. The number of ether oxygens (including phenoxy) is 1. The number of hydrogen-bond acceptors (Lipinski definition) is 5. The molecule has 0 heterocycles. The molecule has 18 heavy (non-hydrogen) atoms. The monoisotopic (exact) mass is 260 g/mol. The first-order valence-electron chi connectivity index (χ1n) is 5.79. The molecular weight excluding hydrogens is 240 g/mol. The average molecular weight is 260 g/mol. The molecule has 7 heteroatoms. The van der Waals surface area contributed by atoms with Crippen LogP contribution in [-0.4, -0.2) is 53.7 Å². The number of carboxylic acids is 1. The summed E-state index contributed by atoms with van der Waals surface area (Å²) in [5.74, 6) is -1.43. The number of carbonyl (C=O) groups excluding carboxylic acids is 2. The van der Waals surface area contributed by atoms with E-state index in [2.05, 4.69) is 10.1 Å². The maximum Gasteiger partial charge on any atom is 0.413 e. The number of amides is 2. The van der Waals surface area contributed by atoms with Gasteiger partial charge in [-0.2, -0.15) is 0 Å². The zero-order chi connectivity index (χ0) is 14.1. The van der Waals surface area contributed by atoms with E-state index < -0.39 is 18.0 Å². The third kappa shape index (κ3) is 7.61. The van der Waals surface area contributed by atoms with Gasteiger partial charge >= 0.3 is 12.1 Å². The molecule has 0 fully saturated rings. The fourth-order valence-electron chi connectivity index (χ4n) is 1.26. The van der Waals surface area contributed by atoms with Crippen molar-refractivity contribution in [1.29, 1.82) is 0 Å². The molecule has 0 aromatic carbocycles. The highest BCUT2D eigenvalue weighted by atomic mass is 16.5. The molecule has 0 aromatic heterocycles. The van der Waals surface area contributed by atoms with Crippen LogP contribution >= 0.6 is 0 Å². The van der Waals surface area contributed by atoms with Crippen LogP contribution in [0.5, 0.6) is 0 Å². The maximum absolute atomic E-state index is 11.5. The van der Waals surface area contributed by atoms with E-state index in [-0.39, 0.29) is 32.2 Å². The molecule has 2 amide bonds. The number of nitrogens with zero attached hydrogens (tertiary/aromatic N) is 1.